The fourth-order valence-electron chi connectivity index (χ4n) is 3.98. The van der Waals surface area contributed by atoms with Gasteiger partial charge in [-0.1, -0.05) is 0 Å². The summed E-state index contributed by atoms with van der Waals surface area (Å²) in [6.07, 6.45) is 1.61. The smallest absolute Gasteiger partial charge is 0.320 e. The van der Waals surface area contributed by atoms with Gasteiger partial charge in [-0.15, -0.1) is 0 Å². The molecule has 13 heteroatoms. The number of fused-ring (bicyclic) bond motifs is 1. The lowest BCUT2D eigenvalue weighted by Gasteiger charge is -2.24. The van der Waals surface area contributed by atoms with Crippen molar-refractivity contribution >= 4 is 23.0 Å². The number of nitrogens with two attached hydrogens (primary N) is 2. The number of aromatic nitrogens is 4. The SMILES string of the molecule is COCCCCN[C@@H](CC[C@H](N)C(=O)O)C[C@H]1O[C@@H](n2cnc3c(N)ncnc32)C(O)C1O. The quantitative estimate of drug-likeness (QED) is 0.196. The summed E-state index contributed by atoms with van der Waals surface area (Å²) < 4.78 is 12.6. The highest BCUT2D eigenvalue weighted by Gasteiger charge is 2.45. The summed E-state index contributed by atoms with van der Waals surface area (Å²) in [5.41, 5.74) is 12.3. The van der Waals surface area contributed by atoms with Crippen LogP contribution in [-0.2, 0) is 14.3 Å². The second-order valence-corrected chi connectivity index (χ2v) is 8.24. The molecule has 0 aliphatic carbocycles. The molecule has 2 aromatic heterocycles. The Kier molecular flexibility index (Phi) is 8.88. The van der Waals surface area contributed by atoms with Crippen molar-refractivity contribution in [1.29, 1.82) is 0 Å². The molecule has 1 fully saturated rings. The lowest BCUT2D eigenvalue weighted by Crippen LogP contribution is -2.40. The minimum Gasteiger partial charge on any atom is -0.480 e. The average molecular weight is 468 g/mol. The minimum absolute atomic E-state index is 0.166. The first-order valence-electron chi connectivity index (χ1n) is 11.0. The highest BCUT2D eigenvalue weighted by molar-refractivity contribution is 5.81. The Hall–Kier alpha value is -2.42. The second kappa shape index (κ2) is 11.6. The normalized spacial score (nSPS) is 24.8. The Morgan fingerprint density at radius 2 is 2.06 bits per heavy atom. The molecular formula is C20H33N7O6. The van der Waals surface area contributed by atoms with Crippen molar-refractivity contribution in [2.75, 3.05) is 26.0 Å². The molecule has 0 aromatic carbocycles. The van der Waals surface area contributed by atoms with Gasteiger partial charge in [-0.3, -0.25) is 9.36 Å². The Balaban J connectivity index is 1.67. The van der Waals surface area contributed by atoms with E-state index >= 15 is 0 Å². The monoisotopic (exact) mass is 467 g/mol. The first-order valence-corrected chi connectivity index (χ1v) is 11.0. The summed E-state index contributed by atoms with van der Waals surface area (Å²) in [5, 5.41) is 33.8. The van der Waals surface area contributed by atoms with Crippen LogP contribution in [0.3, 0.4) is 0 Å². The number of aliphatic hydroxyl groups is 2. The highest BCUT2D eigenvalue weighted by atomic mass is 16.6. The van der Waals surface area contributed by atoms with Crippen LogP contribution in [0.5, 0.6) is 0 Å². The van der Waals surface area contributed by atoms with Crippen molar-refractivity contribution in [2.24, 2.45) is 5.73 Å². The molecular weight excluding hydrogens is 434 g/mol. The molecule has 1 aliphatic rings. The van der Waals surface area contributed by atoms with Gasteiger partial charge in [0, 0.05) is 19.8 Å². The zero-order valence-corrected chi connectivity index (χ0v) is 18.6. The van der Waals surface area contributed by atoms with Gasteiger partial charge in [0.15, 0.2) is 17.7 Å². The molecule has 3 rings (SSSR count). The first-order chi connectivity index (χ1) is 15.8. The van der Waals surface area contributed by atoms with Crippen LogP contribution in [0.4, 0.5) is 5.82 Å². The number of hydrogen-bond acceptors (Lipinski definition) is 11. The van der Waals surface area contributed by atoms with Crippen LogP contribution in [0.15, 0.2) is 12.7 Å². The third-order valence-electron chi connectivity index (χ3n) is 5.87. The predicted molar refractivity (Wildman–Crippen MR) is 118 cm³/mol. The van der Waals surface area contributed by atoms with E-state index in [9.17, 15) is 15.0 Å². The Morgan fingerprint density at radius 1 is 1.27 bits per heavy atom. The number of aliphatic carboxylic acids is 1. The van der Waals surface area contributed by atoms with Crippen molar-refractivity contribution in [1.82, 2.24) is 24.8 Å². The molecule has 33 heavy (non-hydrogen) atoms. The maximum absolute atomic E-state index is 11.1. The van der Waals surface area contributed by atoms with Crippen LogP contribution in [0.25, 0.3) is 11.2 Å². The third-order valence-corrected chi connectivity index (χ3v) is 5.87. The number of methoxy groups -OCH3 is 1. The van der Waals surface area contributed by atoms with Gasteiger partial charge < -0.3 is 41.6 Å². The van der Waals surface area contributed by atoms with Crippen LogP contribution >= 0.6 is 0 Å². The molecule has 8 N–H and O–H groups in total. The van der Waals surface area contributed by atoms with E-state index < -0.39 is 36.6 Å². The topological polar surface area (TPSA) is 204 Å². The number of aliphatic hydroxyl groups excluding tert-OH is 2. The van der Waals surface area contributed by atoms with Gasteiger partial charge in [0.05, 0.1) is 12.4 Å². The van der Waals surface area contributed by atoms with E-state index in [2.05, 4.69) is 20.3 Å². The van der Waals surface area contributed by atoms with Crippen molar-refractivity contribution in [3.63, 3.8) is 0 Å². The standard InChI is InChI=1S/C20H33N7O6/c1-32-7-3-2-6-23-11(4-5-12(21)20(30)31)8-13-15(28)16(29)19(33-13)27-10-26-14-17(22)24-9-25-18(14)27/h9-13,15-16,19,23,28-29H,2-8,21H2,1H3,(H,30,31)(H2,22,24,25)/t11-,12-,13+,15?,16?,19+/m0/s1. The van der Waals surface area contributed by atoms with E-state index in [1.165, 1.54) is 17.2 Å². The van der Waals surface area contributed by atoms with Crippen LogP contribution in [0, 0.1) is 0 Å². The maximum Gasteiger partial charge on any atom is 0.320 e. The highest BCUT2D eigenvalue weighted by Crippen LogP contribution is 2.34. The maximum atomic E-state index is 11.1. The van der Waals surface area contributed by atoms with Crippen molar-refractivity contribution < 1.29 is 29.6 Å². The first kappa shape index (κ1) is 25.2. The number of nitrogens with zero attached hydrogens (tertiary/aromatic N) is 4. The number of carboxylic acids is 1. The Labute approximate surface area is 191 Å². The molecule has 0 radical (unpaired) electrons. The van der Waals surface area contributed by atoms with Crippen LogP contribution < -0.4 is 16.8 Å². The third kappa shape index (κ3) is 6.13. The molecule has 13 nitrogen and oxygen atoms in total. The fourth-order valence-corrected chi connectivity index (χ4v) is 3.98. The molecule has 1 aliphatic heterocycles. The van der Waals surface area contributed by atoms with Crippen molar-refractivity contribution in [3.8, 4) is 0 Å². The van der Waals surface area contributed by atoms with Crippen LogP contribution in [0.2, 0.25) is 0 Å². The van der Waals surface area contributed by atoms with E-state index in [1.54, 1.807) is 7.11 Å². The lowest BCUT2D eigenvalue weighted by molar-refractivity contribution is -0.138. The number of carbonyl (C=O) groups is 1. The van der Waals surface area contributed by atoms with Crippen LogP contribution in [-0.4, -0.2) is 91.5 Å². The van der Waals surface area contributed by atoms with Gasteiger partial charge in [0.2, 0.25) is 0 Å². The second-order valence-electron chi connectivity index (χ2n) is 8.24. The molecule has 2 unspecified atom stereocenters. The largest absolute Gasteiger partial charge is 0.480 e. The summed E-state index contributed by atoms with van der Waals surface area (Å²) in [6.45, 7) is 1.34. The molecule has 0 bridgehead atoms. The summed E-state index contributed by atoms with van der Waals surface area (Å²) in [5.74, 6) is -0.856. The molecule has 0 amide bonds. The number of carboxylic acid groups (broad SMARTS) is 1. The molecule has 0 saturated carbocycles. The number of unbranched alkanes of at least 4 members (excludes halogenated alkanes) is 1. The van der Waals surface area contributed by atoms with Gasteiger partial charge in [-0.25, -0.2) is 15.0 Å². The Morgan fingerprint density at radius 3 is 2.79 bits per heavy atom. The average Bonchev–Trinajstić information content (AvgIpc) is 3.34. The number of rotatable bonds is 13. The Bertz CT molecular complexity index is 912. The lowest BCUT2D eigenvalue weighted by atomic mass is 9.97. The van der Waals surface area contributed by atoms with Gasteiger partial charge >= 0.3 is 5.97 Å². The summed E-state index contributed by atoms with van der Waals surface area (Å²) in [7, 11) is 1.65. The predicted octanol–water partition coefficient (Wildman–Crippen LogP) is -1.01. The number of ether oxygens (including phenoxy) is 2. The van der Waals surface area contributed by atoms with Gasteiger partial charge in [0.25, 0.3) is 0 Å². The zero-order valence-electron chi connectivity index (χ0n) is 18.6. The minimum atomic E-state index is -1.22. The van der Waals surface area contributed by atoms with Gasteiger partial charge in [0.1, 0.15) is 30.1 Å². The zero-order chi connectivity index (χ0) is 24.0. The molecule has 0 spiro atoms. The van der Waals surface area contributed by atoms with Crippen molar-refractivity contribution in [3.05, 3.63) is 12.7 Å². The molecule has 184 valence electrons. The van der Waals surface area contributed by atoms with Crippen LogP contribution in [0.1, 0.15) is 38.3 Å². The fraction of sp³-hybridized carbons (Fsp3) is 0.700. The molecule has 6 atom stereocenters. The summed E-state index contributed by atoms with van der Waals surface area (Å²) in [6, 6.07) is -1.14. The van der Waals surface area contributed by atoms with E-state index in [0.29, 0.717) is 37.2 Å². The van der Waals surface area contributed by atoms with E-state index in [-0.39, 0.29) is 18.3 Å². The van der Waals surface area contributed by atoms with Gasteiger partial charge in [-0.2, -0.15) is 0 Å². The summed E-state index contributed by atoms with van der Waals surface area (Å²) >= 11 is 0. The summed E-state index contributed by atoms with van der Waals surface area (Å²) in [4.78, 5) is 23.4. The van der Waals surface area contributed by atoms with Crippen molar-refractivity contribution in [2.45, 2.75) is 68.7 Å². The number of anilines is 1. The number of nitrogens with one attached hydrogen (secondary N) is 1. The van der Waals surface area contributed by atoms with Gasteiger partial charge in [-0.05, 0) is 38.6 Å². The number of imidazole rings is 1. The van der Waals surface area contributed by atoms with E-state index in [1.807, 2.05) is 0 Å². The van der Waals surface area contributed by atoms with E-state index in [4.69, 9.17) is 26.0 Å². The van der Waals surface area contributed by atoms with E-state index in [0.717, 1.165) is 12.8 Å². The molecule has 1 saturated heterocycles. The molecule has 3 heterocycles. The number of hydrogen-bond donors (Lipinski definition) is 6. The number of nitrogen functional groups attached to an aromatic ring is 1. The molecule has 2 aromatic rings.